The molecule has 1 aromatic rings. The first-order chi connectivity index (χ1) is 8.22. The fourth-order valence-electron chi connectivity index (χ4n) is 2.50. The third-order valence-electron chi connectivity index (χ3n) is 3.48. The molecule has 0 atom stereocenters. The van der Waals surface area contributed by atoms with Gasteiger partial charge in [-0.3, -0.25) is 9.59 Å². The van der Waals surface area contributed by atoms with Crippen LogP contribution < -0.4 is 5.56 Å². The Kier molecular flexibility index (Phi) is 3.61. The molecule has 0 aliphatic heterocycles. The molecule has 0 N–H and O–H groups in total. The average molecular weight is 235 g/mol. The molecule has 1 aromatic heterocycles. The zero-order chi connectivity index (χ0) is 12.3. The van der Waals surface area contributed by atoms with Crippen molar-refractivity contribution < 1.29 is 9.53 Å². The van der Waals surface area contributed by atoms with Crippen LogP contribution in [0.4, 0.5) is 0 Å². The zero-order valence-electron chi connectivity index (χ0n) is 9.96. The van der Waals surface area contributed by atoms with E-state index in [9.17, 15) is 9.59 Å². The molecule has 0 spiro atoms. The van der Waals surface area contributed by atoms with Crippen LogP contribution in [-0.4, -0.2) is 17.6 Å². The number of nitrogens with zero attached hydrogens (tertiary/aromatic N) is 1. The van der Waals surface area contributed by atoms with Crippen molar-refractivity contribution in [3.8, 4) is 0 Å². The van der Waals surface area contributed by atoms with E-state index in [1.54, 1.807) is 16.7 Å². The normalized spacial score (nSPS) is 24.3. The third-order valence-corrected chi connectivity index (χ3v) is 3.48. The van der Waals surface area contributed by atoms with Crippen LogP contribution in [0.25, 0.3) is 0 Å². The number of pyridine rings is 1. The van der Waals surface area contributed by atoms with Gasteiger partial charge in [-0.15, -0.1) is 0 Å². The van der Waals surface area contributed by atoms with E-state index < -0.39 is 0 Å². The molecule has 1 fully saturated rings. The standard InChI is InChI=1S/C13H17NO3/c1-17-13(16)10-5-7-11(8-6-10)14-9-3-2-4-12(14)15/h2-4,9-11H,5-8H2,1H3. The lowest BCUT2D eigenvalue weighted by Gasteiger charge is -2.28. The van der Waals surface area contributed by atoms with Gasteiger partial charge in [0.15, 0.2) is 0 Å². The summed E-state index contributed by atoms with van der Waals surface area (Å²) in [6.07, 6.45) is 5.16. The number of methoxy groups -OCH3 is 1. The Morgan fingerprint density at radius 3 is 2.59 bits per heavy atom. The minimum absolute atomic E-state index is 0.00987. The number of hydrogen-bond acceptors (Lipinski definition) is 3. The lowest BCUT2D eigenvalue weighted by Crippen LogP contribution is -2.29. The third kappa shape index (κ3) is 2.57. The summed E-state index contributed by atoms with van der Waals surface area (Å²) in [5, 5.41) is 0. The lowest BCUT2D eigenvalue weighted by atomic mass is 9.86. The van der Waals surface area contributed by atoms with Gasteiger partial charge in [0.2, 0.25) is 0 Å². The quantitative estimate of drug-likeness (QED) is 0.734. The monoisotopic (exact) mass is 235 g/mol. The highest BCUT2D eigenvalue weighted by molar-refractivity contribution is 5.72. The average Bonchev–Trinajstić information content (AvgIpc) is 2.39. The fourth-order valence-corrected chi connectivity index (χ4v) is 2.50. The van der Waals surface area contributed by atoms with Crippen LogP contribution in [0, 0.1) is 5.92 Å². The molecule has 17 heavy (non-hydrogen) atoms. The Morgan fingerprint density at radius 2 is 2.00 bits per heavy atom. The van der Waals surface area contributed by atoms with E-state index in [0.29, 0.717) is 0 Å². The predicted octanol–water partition coefficient (Wildman–Crippen LogP) is 1.75. The summed E-state index contributed by atoms with van der Waals surface area (Å²) in [7, 11) is 1.43. The van der Waals surface area contributed by atoms with E-state index >= 15 is 0 Å². The lowest BCUT2D eigenvalue weighted by molar-refractivity contribution is -0.146. The molecule has 0 aromatic carbocycles. The van der Waals surface area contributed by atoms with Crippen molar-refractivity contribution in [3.63, 3.8) is 0 Å². The number of carbonyl (C=O) groups excluding carboxylic acids is 1. The number of aromatic nitrogens is 1. The van der Waals surface area contributed by atoms with Crippen molar-refractivity contribution in [2.24, 2.45) is 5.92 Å². The molecule has 0 saturated heterocycles. The summed E-state index contributed by atoms with van der Waals surface area (Å²) in [5.74, 6) is -0.112. The van der Waals surface area contributed by atoms with E-state index in [0.717, 1.165) is 25.7 Å². The summed E-state index contributed by atoms with van der Waals surface area (Å²) >= 11 is 0. The first kappa shape index (κ1) is 11.9. The second-order valence-electron chi connectivity index (χ2n) is 4.47. The van der Waals surface area contributed by atoms with Crippen LogP contribution in [0.2, 0.25) is 0 Å². The molecular weight excluding hydrogens is 218 g/mol. The molecule has 1 aliphatic rings. The van der Waals surface area contributed by atoms with Gasteiger partial charge in [0.05, 0.1) is 13.0 Å². The Balaban J connectivity index is 2.03. The predicted molar refractivity (Wildman–Crippen MR) is 63.7 cm³/mol. The fraction of sp³-hybridized carbons (Fsp3) is 0.538. The van der Waals surface area contributed by atoms with Gasteiger partial charge in [0, 0.05) is 18.3 Å². The van der Waals surface area contributed by atoms with Gasteiger partial charge in [0.1, 0.15) is 0 Å². The summed E-state index contributed by atoms with van der Waals surface area (Å²) in [4.78, 5) is 23.0. The molecule has 4 nitrogen and oxygen atoms in total. The number of hydrogen-bond donors (Lipinski definition) is 0. The van der Waals surface area contributed by atoms with Crippen LogP contribution in [0.15, 0.2) is 29.2 Å². The number of carbonyl (C=O) groups is 1. The van der Waals surface area contributed by atoms with E-state index in [4.69, 9.17) is 4.74 Å². The minimum Gasteiger partial charge on any atom is -0.469 e. The summed E-state index contributed by atoms with van der Waals surface area (Å²) in [6.45, 7) is 0. The van der Waals surface area contributed by atoms with Crippen LogP contribution in [0.3, 0.4) is 0 Å². The molecule has 2 rings (SSSR count). The van der Waals surface area contributed by atoms with Gasteiger partial charge in [-0.05, 0) is 31.7 Å². The van der Waals surface area contributed by atoms with Crippen molar-refractivity contribution in [3.05, 3.63) is 34.7 Å². The van der Waals surface area contributed by atoms with Gasteiger partial charge >= 0.3 is 5.97 Å². The van der Waals surface area contributed by atoms with Gasteiger partial charge in [0.25, 0.3) is 5.56 Å². The van der Waals surface area contributed by atoms with Crippen molar-refractivity contribution in [1.82, 2.24) is 4.57 Å². The Bertz CT molecular complexity index is 444. The maximum atomic E-state index is 11.7. The van der Waals surface area contributed by atoms with Crippen LogP contribution >= 0.6 is 0 Å². The maximum Gasteiger partial charge on any atom is 0.308 e. The summed E-state index contributed by atoms with van der Waals surface area (Å²) < 4.78 is 6.52. The molecular formula is C13H17NO3. The Labute approximate surface area is 100 Å². The highest BCUT2D eigenvalue weighted by Gasteiger charge is 2.27. The maximum absolute atomic E-state index is 11.7. The smallest absolute Gasteiger partial charge is 0.308 e. The van der Waals surface area contributed by atoms with Crippen LogP contribution in [0.5, 0.6) is 0 Å². The molecule has 0 amide bonds. The summed E-state index contributed by atoms with van der Waals surface area (Å²) in [6, 6.07) is 5.42. The molecule has 0 unspecified atom stereocenters. The highest BCUT2D eigenvalue weighted by atomic mass is 16.5. The van der Waals surface area contributed by atoms with E-state index in [1.807, 2.05) is 12.3 Å². The molecule has 1 heterocycles. The van der Waals surface area contributed by atoms with Crippen molar-refractivity contribution in [2.75, 3.05) is 7.11 Å². The molecule has 1 aliphatic carbocycles. The number of esters is 1. The minimum atomic E-state index is -0.121. The first-order valence-corrected chi connectivity index (χ1v) is 5.97. The SMILES string of the molecule is COC(=O)C1CCC(n2ccccc2=O)CC1. The zero-order valence-corrected chi connectivity index (χ0v) is 9.96. The second-order valence-corrected chi connectivity index (χ2v) is 4.47. The molecule has 1 saturated carbocycles. The van der Waals surface area contributed by atoms with E-state index in [2.05, 4.69) is 0 Å². The molecule has 4 heteroatoms. The van der Waals surface area contributed by atoms with Crippen molar-refractivity contribution in [1.29, 1.82) is 0 Å². The second kappa shape index (κ2) is 5.17. The number of rotatable bonds is 2. The van der Waals surface area contributed by atoms with E-state index in [1.165, 1.54) is 7.11 Å². The van der Waals surface area contributed by atoms with Crippen LogP contribution in [-0.2, 0) is 9.53 Å². The number of ether oxygens (including phenoxy) is 1. The van der Waals surface area contributed by atoms with Gasteiger partial charge in [-0.25, -0.2) is 0 Å². The van der Waals surface area contributed by atoms with Gasteiger partial charge < -0.3 is 9.30 Å². The molecule has 0 bridgehead atoms. The van der Waals surface area contributed by atoms with E-state index in [-0.39, 0.29) is 23.5 Å². The van der Waals surface area contributed by atoms with Gasteiger partial charge in [-0.2, -0.15) is 0 Å². The topological polar surface area (TPSA) is 48.3 Å². The largest absolute Gasteiger partial charge is 0.469 e. The Hall–Kier alpha value is -1.58. The highest BCUT2D eigenvalue weighted by Crippen LogP contribution is 2.31. The van der Waals surface area contributed by atoms with Crippen LogP contribution in [0.1, 0.15) is 31.7 Å². The molecule has 92 valence electrons. The van der Waals surface area contributed by atoms with Crippen molar-refractivity contribution in [2.45, 2.75) is 31.7 Å². The molecule has 0 radical (unpaired) electrons. The van der Waals surface area contributed by atoms with Gasteiger partial charge in [-0.1, -0.05) is 6.07 Å². The van der Waals surface area contributed by atoms with Crippen molar-refractivity contribution >= 4 is 5.97 Å². The summed E-state index contributed by atoms with van der Waals surface area (Å²) in [5.41, 5.74) is 0.0361. The Morgan fingerprint density at radius 1 is 1.29 bits per heavy atom. The first-order valence-electron chi connectivity index (χ1n) is 5.97.